The molecule has 226 valence electrons. The minimum atomic E-state index is -0.0263. The van der Waals surface area contributed by atoms with E-state index < -0.39 is 0 Å². The van der Waals surface area contributed by atoms with Crippen molar-refractivity contribution in [1.29, 1.82) is 0 Å². The number of hydrazone groups is 1. The Bertz CT molecular complexity index is 1450. The van der Waals surface area contributed by atoms with Gasteiger partial charge in [-0.1, -0.05) is 56.8 Å². The summed E-state index contributed by atoms with van der Waals surface area (Å²) in [5, 5.41) is 8.94. The summed E-state index contributed by atoms with van der Waals surface area (Å²) >= 11 is 0. The first kappa shape index (κ1) is 29.3. The second-order valence-corrected chi connectivity index (χ2v) is 12.9. The molecule has 2 aromatic carbocycles. The Labute approximate surface area is 255 Å². The first-order valence-corrected chi connectivity index (χ1v) is 15.6. The molecule has 0 radical (unpaired) electrons. The van der Waals surface area contributed by atoms with E-state index in [1.165, 1.54) is 22.3 Å². The number of carbonyl (C=O) groups excluding carboxylic acids is 2. The number of piperidine rings is 1. The first-order chi connectivity index (χ1) is 20.7. The first-order valence-electron chi connectivity index (χ1n) is 15.6. The van der Waals surface area contributed by atoms with Crippen LogP contribution in [0.1, 0.15) is 72.1 Å². The summed E-state index contributed by atoms with van der Waals surface area (Å²) in [6, 6.07) is 17.3. The van der Waals surface area contributed by atoms with E-state index >= 15 is 0 Å². The smallest absolute Gasteiger partial charge is 0.253 e. The molecule has 0 bridgehead atoms. The van der Waals surface area contributed by atoms with Gasteiger partial charge in [0.2, 0.25) is 5.91 Å². The lowest BCUT2D eigenvalue weighted by Gasteiger charge is -2.45. The van der Waals surface area contributed by atoms with Crippen molar-refractivity contribution in [2.45, 2.75) is 57.7 Å². The SMILES string of the molecule is C=C1NN=C2C3=C1CCCC3NC(c1ccc(CN(C)C)cc1)C2c1ccc(C(=O)N2CCN(C(=O)C(C)C)CC2)cc1. The van der Waals surface area contributed by atoms with Crippen molar-refractivity contribution in [1.82, 2.24) is 25.4 Å². The molecule has 2 N–H and O–H groups in total. The van der Waals surface area contributed by atoms with Gasteiger partial charge in [0.15, 0.2) is 0 Å². The maximum atomic E-state index is 13.4. The second kappa shape index (κ2) is 12.1. The van der Waals surface area contributed by atoms with Crippen molar-refractivity contribution in [3.8, 4) is 0 Å². The molecule has 8 heteroatoms. The van der Waals surface area contributed by atoms with E-state index in [4.69, 9.17) is 5.10 Å². The van der Waals surface area contributed by atoms with Crippen LogP contribution in [0.15, 0.2) is 77.1 Å². The quantitative estimate of drug-likeness (QED) is 0.528. The van der Waals surface area contributed by atoms with Gasteiger partial charge in [0, 0.05) is 62.2 Å². The van der Waals surface area contributed by atoms with Crippen LogP contribution in [0.2, 0.25) is 0 Å². The van der Waals surface area contributed by atoms with E-state index in [0.29, 0.717) is 31.7 Å². The molecule has 4 aliphatic rings. The predicted molar refractivity (Wildman–Crippen MR) is 171 cm³/mol. The minimum absolute atomic E-state index is 0.0170. The number of amides is 2. The largest absolute Gasteiger partial charge is 0.339 e. The van der Waals surface area contributed by atoms with Gasteiger partial charge >= 0.3 is 0 Å². The Morgan fingerprint density at radius 2 is 1.63 bits per heavy atom. The van der Waals surface area contributed by atoms with Crippen LogP contribution in [0, 0.1) is 5.92 Å². The summed E-state index contributed by atoms with van der Waals surface area (Å²) in [4.78, 5) is 31.8. The maximum absolute atomic E-state index is 13.4. The molecule has 2 aromatic rings. The molecular formula is C35H44N6O2. The number of nitrogens with zero attached hydrogens (tertiary/aromatic N) is 4. The van der Waals surface area contributed by atoms with Gasteiger partial charge < -0.3 is 20.0 Å². The average Bonchev–Trinajstić information content (AvgIpc) is 3.02. The van der Waals surface area contributed by atoms with Gasteiger partial charge in [-0.3, -0.25) is 15.0 Å². The summed E-state index contributed by atoms with van der Waals surface area (Å²) in [6.07, 6.45) is 3.22. The molecule has 0 saturated carbocycles. The van der Waals surface area contributed by atoms with Crippen LogP contribution in [0.4, 0.5) is 0 Å². The highest BCUT2D eigenvalue weighted by molar-refractivity contribution is 6.09. The standard InChI is InChI=1S/C35H44N6O2/c1-22(2)34(42)40-17-19-41(20-18-40)35(43)27-15-13-25(14-16-27)30-32(26-11-9-24(10-12-26)21-39(4)5)36-29-8-6-7-28-23(3)37-38-33(30)31(28)29/h9-16,22,29-30,32,36-37H,3,6-8,17-21H2,1-2,4-5H3. The van der Waals surface area contributed by atoms with E-state index in [9.17, 15) is 9.59 Å². The molecule has 3 atom stereocenters. The van der Waals surface area contributed by atoms with Crippen molar-refractivity contribution in [2.24, 2.45) is 11.0 Å². The molecule has 3 unspecified atom stereocenters. The number of benzene rings is 2. The Morgan fingerprint density at radius 1 is 0.977 bits per heavy atom. The zero-order valence-corrected chi connectivity index (χ0v) is 25.9. The summed E-state index contributed by atoms with van der Waals surface area (Å²) in [6.45, 7) is 11.3. The highest BCUT2D eigenvalue weighted by Crippen LogP contribution is 2.45. The van der Waals surface area contributed by atoms with Crippen molar-refractivity contribution in [2.75, 3.05) is 40.3 Å². The summed E-state index contributed by atoms with van der Waals surface area (Å²) in [5.74, 6) is 0.126. The van der Waals surface area contributed by atoms with Crippen molar-refractivity contribution >= 4 is 17.5 Å². The van der Waals surface area contributed by atoms with Crippen LogP contribution in [0.3, 0.4) is 0 Å². The Balaban J connectivity index is 1.28. The van der Waals surface area contributed by atoms with E-state index in [-0.39, 0.29) is 35.7 Å². The molecule has 2 saturated heterocycles. The average molecular weight is 581 g/mol. The highest BCUT2D eigenvalue weighted by atomic mass is 16.2. The number of allylic oxidation sites excluding steroid dienone is 1. The Hall–Kier alpha value is -3.75. The van der Waals surface area contributed by atoms with Gasteiger partial charge in [-0.25, -0.2) is 0 Å². The lowest BCUT2D eigenvalue weighted by molar-refractivity contribution is -0.135. The normalized spacial score (nSPS) is 23.7. The van der Waals surface area contributed by atoms with Gasteiger partial charge in [-0.2, -0.15) is 5.10 Å². The summed E-state index contributed by atoms with van der Waals surface area (Å²) in [7, 11) is 4.18. The van der Waals surface area contributed by atoms with Crippen LogP contribution in [0.5, 0.6) is 0 Å². The van der Waals surface area contributed by atoms with E-state index in [0.717, 1.165) is 42.8 Å². The molecule has 3 heterocycles. The predicted octanol–water partition coefficient (Wildman–Crippen LogP) is 4.44. The van der Waals surface area contributed by atoms with Gasteiger partial charge in [-0.05, 0) is 73.3 Å². The molecule has 8 nitrogen and oxygen atoms in total. The molecule has 1 aliphatic carbocycles. The molecule has 3 aliphatic heterocycles. The fourth-order valence-electron chi connectivity index (χ4n) is 7.09. The topological polar surface area (TPSA) is 80.3 Å². The van der Waals surface area contributed by atoms with Gasteiger partial charge in [0.1, 0.15) is 0 Å². The zero-order chi connectivity index (χ0) is 30.2. The summed E-state index contributed by atoms with van der Waals surface area (Å²) < 4.78 is 0. The molecule has 2 fully saturated rings. The van der Waals surface area contributed by atoms with Gasteiger partial charge in [0.25, 0.3) is 5.91 Å². The van der Waals surface area contributed by atoms with Crippen molar-refractivity contribution < 1.29 is 9.59 Å². The highest BCUT2D eigenvalue weighted by Gasteiger charge is 2.44. The van der Waals surface area contributed by atoms with Crippen LogP contribution in [-0.2, 0) is 11.3 Å². The van der Waals surface area contributed by atoms with Crippen LogP contribution < -0.4 is 10.7 Å². The third-order valence-electron chi connectivity index (χ3n) is 9.28. The molecule has 0 spiro atoms. The lowest BCUT2D eigenvalue weighted by Crippen LogP contribution is -2.51. The monoisotopic (exact) mass is 580 g/mol. The van der Waals surface area contributed by atoms with E-state index in [2.05, 4.69) is 72.7 Å². The van der Waals surface area contributed by atoms with Crippen LogP contribution in [0.25, 0.3) is 0 Å². The van der Waals surface area contributed by atoms with Crippen molar-refractivity contribution in [3.63, 3.8) is 0 Å². The van der Waals surface area contributed by atoms with Crippen molar-refractivity contribution in [3.05, 3.63) is 94.2 Å². The fraction of sp³-hybridized carbons (Fsp3) is 0.457. The molecule has 0 aromatic heterocycles. The number of carbonyl (C=O) groups is 2. The molecular weight excluding hydrogens is 536 g/mol. The molecule has 43 heavy (non-hydrogen) atoms. The Kier molecular flexibility index (Phi) is 8.25. The maximum Gasteiger partial charge on any atom is 0.253 e. The van der Waals surface area contributed by atoms with Gasteiger partial charge in [0.05, 0.1) is 11.4 Å². The van der Waals surface area contributed by atoms with Crippen LogP contribution in [-0.4, -0.2) is 78.5 Å². The third kappa shape index (κ3) is 5.78. The number of nitrogens with one attached hydrogen (secondary N) is 2. The molecule has 2 amide bonds. The molecule has 6 rings (SSSR count). The van der Waals surface area contributed by atoms with E-state index in [1.807, 2.05) is 35.8 Å². The second-order valence-electron chi connectivity index (χ2n) is 12.9. The third-order valence-corrected chi connectivity index (χ3v) is 9.28. The number of hydrogen-bond acceptors (Lipinski definition) is 6. The lowest BCUT2D eigenvalue weighted by atomic mass is 9.70. The van der Waals surface area contributed by atoms with Gasteiger partial charge in [-0.15, -0.1) is 0 Å². The number of rotatable bonds is 6. The van der Waals surface area contributed by atoms with Crippen LogP contribution >= 0.6 is 0 Å². The number of piperazine rings is 1. The Morgan fingerprint density at radius 3 is 2.28 bits per heavy atom. The number of hydrogen-bond donors (Lipinski definition) is 2. The zero-order valence-electron chi connectivity index (χ0n) is 25.9. The minimum Gasteiger partial charge on any atom is -0.339 e. The fourth-order valence-corrected chi connectivity index (χ4v) is 7.09. The summed E-state index contributed by atoms with van der Waals surface area (Å²) in [5.41, 5.74) is 12.1. The van der Waals surface area contributed by atoms with E-state index in [1.54, 1.807) is 0 Å².